The van der Waals surface area contributed by atoms with Crippen LogP contribution < -0.4 is 20.5 Å². The van der Waals surface area contributed by atoms with Gasteiger partial charge < -0.3 is 20.5 Å². The van der Waals surface area contributed by atoms with E-state index in [2.05, 4.69) is 5.32 Å². The predicted octanol–water partition coefficient (Wildman–Crippen LogP) is 0.203. The fraction of sp³-hybridized carbons (Fsp3) is 0.462. The molecular formula is C13H18N2O5S. The van der Waals surface area contributed by atoms with Crippen molar-refractivity contribution in [2.24, 2.45) is 0 Å². The summed E-state index contributed by atoms with van der Waals surface area (Å²) in [5, 5.41) is 2.69. The molecule has 21 heavy (non-hydrogen) atoms. The zero-order valence-corrected chi connectivity index (χ0v) is 12.7. The van der Waals surface area contributed by atoms with E-state index < -0.39 is 15.7 Å². The second kappa shape index (κ2) is 5.80. The summed E-state index contributed by atoms with van der Waals surface area (Å²) in [4.78, 5) is 12.2. The van der Waals surface area contributed by atoms with Crippen LogP contribution in [0, 0.1) is 0 Å². The predicted molar refractivity (Wildman–Crippen MR) is 78.5 cm³/mol. The summed E-state index contributed by atoms with van der Waals surface area (Å²) in [5.74, 6) is 0.451. The van der Waals surface area contributed by atoms with Crippen LogP contribution in [-0.4, -0.2) is 46.1 Å². The van der Waals surface area contributed by atoms with Crippen LogP contribution >= 0.6 is 0 Å². The number of hydrogen-bond donors (Lipinski definition) is 2. The molecule has 2 rings (SSSR count). The van der Waals surface area contributed by atoms with Crippen LogP contribution in [0.1, 0.15) is 16.8 Å². The third-order valence-electron chi connectivity index (χ3n) is 3.37. The van der Waals surface area contributed by atoms with E-state index in [1.165, 1.54) is 26.4 Å². The van der Waals surface area contributed by atoms with Gasteiger partial charge >= 0.3 is 0 Å². The number of nitrogens with one attached hydrogen (secondary N) is 1. The number of carbonyl (C=O) groups excluding carboxylic acids is 1. The average Bonchev–Trinajstić information content (AvgIpc) is 2.77. The standard InChI is InChI=1S/C13H18N2O5S/c1-19-11-5-9(10(14)6-12(11)20-2)13(16)15-8-3-4-21(17,18)7-8/h5-6,8H,3-4,7,14H2,1-2H3,(H,15,16). The van der Waals surface area contributed by atoms with Crippen molar-refractivity contribution in [2.45, 2.75) is 12.5 Å². The Morgan fingerprint density at radius 2 is 1.90 bits per heavy atom. The monoisotopic (exact) mass is 314 g/mol. The van der Waals surface area contributed by atoms with E-state index in [0.717, 1.165) is 0 Å². The Labute approximate surface area is 123 Å². The normalized spacial score (nSPS) is 20.0. The molecular weight excluding hydrogens is 296 g/mol. The Morgan fingerprint density at radius 3 is 2.43 bits per heavy atom. The number of methoxy groups -OCH3 is 2. The van der Waals surface area contributed by atoms with Gasteiger partial charge in [0.1, 0.15) is 0 Å². The molecule has 0 aliphatic carbocycles. The van der Waals surface area contributed by atoms with Crippen molar-refractivity contribution >= 4 is 21.4 Å². The number of amides is 1. The van der Waals surface area contributed by atoms with E-state index in [9.17, 15) is 13.2 Å². The summed E-state index contributed by atoms with van der Waals surface area (Å²) >= 11 is 0. The van der Waals surface area contributed by atoms with Crippen LogP contribution in [0.4, 0.5) is 5.69 Å². The van der Waals surface area contributed by atoms with Crippen molar-refractivity contribution in [1.29, 1.82) is 0 Å². The van der Waals surface area contributed by atoms with Crippen molar-refractivity contribution in [3.63, 3.8) is 0 Å². The molecule has 1 saturated heterocycles. The van der Waals surface area contributed by atoms with Gasteiger partial charge in [0.15, 0.2) is 21.3 Å². The molecule has 0 radical (unpaired) electrons. The van der Waals surface area contributed by atoms with Gasteiger partial charge in [-0.15, -0.1) is 0 Å². The Hall–Kier alpha value is -1.96. The van der Waals surface area contributed by atoms with Gasteiger partial charge in [-0.1, -0.05) is 0 Å². The maximum Gasteiger partial charge on any atom is 0.253 e. The fourth-order valence-corrected chi connectivity index (χ4v) is 3.94. The molecule has 0 saturated carbocycles. The van der Waals surface area contributed by atoms with Crippen LogP contribution in [0.5, 0.6) is 11.5 Å². The first-order valence-corrected chi connectivity index (χ1v) is 8.21. The molecule has 1 atom stereocenters. The molecule has 1 aliphatic rings. The summed E-state index contributed by atoms with van der Waals surface area (Å²) in [7, 11) is -0.117. The fourth-order valence-electron chi connectivity index (χ4n) is 2.26. The zero-order valence-electron chi connectivity index (χ0n) is 11.9. The molecule has 1 aromatic carbocycles. The first-order valence-electron chi connectivity index (χ1n) is 6.39. The Balaban J connectivity index is 2.19. The number of sulfone groups is 1. The number of hydrogen-bond acceptors (Lipinski definition) is 6. The molecule has 1 aromatic rings. The van der Waals surface area contributed by atoms with Crippen molar-refractivity contribution in [3.05, 3.63) is 17.7 Å². The third kappa shape index (κ3) is 3.38. The van der Waals surface area contributed by atoms with Gasteiger partial charge in [-0.3, -0.25) is 4.79 Å². The lowest BCUT2D eigenvalue weighted by molar-refractivity contribution is 0.0941. The SMILES string of the molecule is COc1cc(N)c(C(=O)NC2CCS(=O)(=O)C2)cc1OC. The molecule has 8 heteroatoms. The van der Waals surface area contributed by atoms with Crippen LogP contribution in [0.25, 0.3) is 0 Å². The molecule has 0 spiro atoms. The van der Waals surface area contributed by atoms with Crippen LogP contribution in [0.3, 0.4) is 0 Å². The van der Waals surface area contributed by atoms with E-state index in [1.54, 1.807) is 0 Å². The summed E-state index contributed by atoms with van der Waals surface area (Å²) < 4.78 is 33.0. The average molecular weight is 314 g/mol. The molecule has 0 bridgehead atoms. The Kier molecular flexibility index (Phi) is 4.26. The molecule has 3 N–H and O–H groups in total. The number of rotatable bonds is 4. The van der Waals surface area contributed by atoms with E-state index in [4.69, 9.17) is 15.2 Å². The van der Waals surface area contributed by atoms with Gasteiger partial charge in [0.25, 0.3) is 5.91 Å². The number of benzene rings is 1. The van der Waals surface area contributed by atoms with Crippen LogP contribution in [-0.2, 0) is 9.84 Å². The van der Waals surface area contributed by atoms with E-state index in [0.29, 0.717) is 17.9 Å². The second-order valence-electron chi connectivity index (χ2n) is 4.87. The molecule has 1 heterocycles. The molecule has 7 nitrogen and oxygen atoms in total. The number of nitrogen functional groups attached to an aromatic ring is 1. The van der Waals surface area contributed by atoms with Gasteiger partial charge in [0, 0.05) is 17.8 Å². The number of carbonyl (C=O) groups is 1. The van der Waals surface area contributed by atoms with Crippen molar-refractivity contribution < 1.29 is 22.7 Å². The first-order chi connectivity index (χ1) is 9.86. The molecule has 0 aromatic heterocycles. The number of ether oxygens (including phenoxy) is 2. The minimum atomic E-state index is -3.05. The highest BCUT2D eigenvalue weighted by molar-refractivity contribution is 7.91. The first kappa shape index (κ1) is 15.4. The number of anilines is 1. The third-order valence-corrected chi connectivity index (χ3v) is 5.14. The summed E-state index contributed by atoms with van der Waals surface area (Å²) in [6, 6.07) is 2.60. The van der Waals surface area contributed by atoms with Crippen LogP contribution in [0.2, 0.25) is 0 Å². The summed E-state index contributed by atoms with van der Waals surface area (Å²) in [5.41, 5.74) is 6.31. The lowest BCUT2D eigenvalue weighted by Gasteiger charge is -2.15. The summed E-state index contributed by atoms with van der Waals surface area (Å²) in [6.07, 6.45) is 0.418. The highest BCUT2D eigenvalue weighted by Gasteiger charge is 2.29. The second-order valence-corrected chi connectivity index (χ2v) is 7.10. The van der Waals surface area contributed by atoms with Crippen molar-refractivity contribution in [2.75, 3.05) is 31.5 Å². The lowest BCUT2D eigenvalue weighted by atomic mass is 10.1. The van der Waals surface area contributed by atoms with Gasteiger partial charge in [0.05, 0.1) is 31.3 Å². The quantitative estimate of drug-likeness (QED) is 0.769. The Morgan fingerprint density at radius 1 is 1.29 bits per heavy atom. The molecule has 116 valence electrons. The van der Waals surface area contributed by atoms with Crippen molar-refractivity contribution in [1.82, 2.24) is 5.32 Å². The minimum absolute atomic E-state index is 0.0358. The number of nitrogens with two attached hydrogens (primary N) is 1. The van der Waals surface area contributed by atoms with E-state index >= 15 is 0 Å². The maximum atomic E-state index is 12.2. The van der Waals surface area contributed by atoms with Gasteiger partial charge in [0.2, 0.25) is 0 Å². The molecule has 1 unspecified atom stereocenters. The maximum absolute atomic E-state index is 12.2. The van der Waals surface area contributed by atoms with E-state index in [-0.39, 0.29) is 28.8 Å². The largest absolute Gasteiger partial charge is 0.493 e. The lowest BCUT2D eigenvalue weighted by Crippen LogP contribution is -2.36. The molecule has 1 aliphatic heterocycles. The highest BCUT2D eigenvalue weighted by atomic mass is 32.2. The van der Waals surface area contributed by atoms with Gasteiger partial charge in [-0.25, -0.2) is 8.42 Å². The van der Waals surface area contributed by atoms with Gasteiger partial charge in [-0.05, 0) is 12.5 Å². The Bertz CT molecular complexity index is 657. The highest BCUT2D eigenvalue weighted by Crippen LogP contribution is 2.32. The molecule has 1 fully saturated rings. The van der Waals surface area contributed by atoms with Crippen LogP contribution in [0.15, 0.2) is 12.1 Å². The van der Waals surface area contributed by atoms with Crippen molar-refractivity contribution in [3.8, 4) is 11.5 Å². The topological polar surface area (TPSA) is 108 Å². The summed E-state index contributed by atoms with van der Waals surface area (Å²) in [6.45, 7) is 0. The molecule has 1 amide bonds. The smallest absolute Gasteiger partial charge is 0.253 e. The van der Waals surface area contributed by atoms with Gasteiger partial charge in [-0.2, -0.15) is 0 Å². The van der Waals surface area contributed by atoms with E-state index in [1.807, 2.05) is 0 Å². The minimum Gasteiger partial charge on any atom is -0.493 e. The zero-order chi connectivity index (χ0) is 15.6.